The molecular formula is C28H34F2N4O5S. The first-order valence-electron chi connectivity index (χ1n) is 13.0. The molecule has 12 heteroatoms. The molecule has 0 unspecified atom stereocenters. The Morgan fingerprint density at radius 1 is 1.12 bits per heavy atom. The molecule has 0 aromatic carbocycles. The van der Waals surface area contributed by atoms with Gasteiger partial charge in [0.25, 0.3) is 0 Å². The average Bonchev–Trinajstić information content (AvgIpc) is 3.28. The summed E-state index contributed by atoms with van der Waals surface area (Å²) in [4.78, 5) is 39.1. The van der Waals surface area contributed by atoms with Gasteiger partial charge in [-0.25, -0.2) is 22.3 Å². The number of carbonyl (C=O) groups excluding carboxylic acids is 2. The van der Waals surface area contributed by atoms with Crippen LogP contribution in [-0.4, -0.2) is 60.6 Å². The van der Waals surface area contributed by atoms with E-state index in [-0.39, 0.29) is 41.5 Å². The van der Waals surface area contributed by atoms with Crippen molar-refractivity contribution in [3.63, 3.8) is 0 Å². The third-order valence-corrected chi connectivity index (χ3v) is 10.9. The second-order valence-electron chi connectivity index (χ2n) is 11.5. The largest absolute Gasteiger partial charge is 0.461 e. The molecule has 4 heterocycles. The fraction of sp³-hybridized carbons (Fsp3) is 0.536. The van der Waals surface area contributed by atoms with Gasteiger partial charge in [-0.3, -0.25) is 19.6 Å². The maximum atomic E-state index is 15.5. The molecule has 2 aromatic rings. The number of Topliss-reactive ketones (excluding diaryl/α,β-unsaturated/α-hetero) is 1. The van der Waals surface area contributed by atoms with Crippen molar-refractivity contribution in [3.05, 3.63) is 53.4 Å². The van der Waals surface area contributed by atoms with Crippen LogP contribution in [0.25, 0.3) is 0 Å². The lowest BCUT2D eigenvalue weighted by molar-refractivity contribution is -0.153. The Bertz CT molecular complexity index is 1480. The van der Waals surface area contributed by atoms with Gasteiger partial charge in [0.05, 0.1) is 38.8 Å². The van der Waals surface area contributed by atoms with Gasteiger partial charge in [0.15, 0.2) is 5.78 Å². The summed E-state index contributed by atoms with van der Waals surface area (Å²) in [6.45, 7) is 9.69. The molecule has 2 aromatic heterocycles. The summed E-state index contributed by atoms with van der Waals surface area (Å²) >= 11 is 0. The summed E-state index contributed by atoms with van der Waals surface area (Å²) < 4.78 is 56.0. The fourth-order valence-electron chi connectivity index (χ4n) is 5.18. The Morgan fingerprint density at radius 2 is 1.85 bits per heavy atom. The number of pyridine rings is 2. The van der Waals surface area contributed by atoms with Gasteiger partial charge in [0, 0.05) is 18.0 Å². The smallest absolute Gasteiger partial charge is 0.312 e. The highest BCUT2D eigenvalue weighted by Gasteiger charge is 2.58. The number of ether oxygens (including phenoxy) is 2. The van der Waals surface area contributed by atoms with E-state index < -0.39 is 49.5 Å². The number of hydrogen-bond donors (Lipinski definition) is 0. The molecule has 0 N–H and O–H groups in total. The van der Waals surface area contributed by atoms with Crippen molar-refractivity contribution in [2.45, 2.75) is 81.9 Å². The molecule has 0 amide bonds. The first kappa shape index (κ1) is 29.7. The van der Waals surface area contributed by atoms with Gasteiger partial charge in [-0.05, 0) is 72.2 Å². The molecule has 40 heavy (non-hydrogen) atoms. The minimum absolute atomic E-state index is 0.0653. The molecule has 0 saturated heterocycles. The zero-order valence-electron chi connectivity index (χ0n) is 23.5. The third kappa shape index (κ3) is 5.50. The van der Waals surface area contributed by atoms with Gasteiger partial charge in [-0.2, -0.15) is 0 Å². The molecule has 2 aliphatic heterocycles. The molecule has 3 atom stereocenters. The number of halogens is 2. The number of fused-ring (bicyclic) bond motifs is 1. The van der Waals surface area contributed by atoms with E-state index in [9.17, 15) is 18.2 Å². The van der Waals surface area contributed by atoms with Gasteiger partial charge in [0.1, 0.15) is 34.1 Å². The molecule has 0 bridgehead atoms. The van der Waals surface area contributed by atoms with Crippen LogP contribution in [0.5, 0.6) is 5.75 Å². The monoisotopic (exact) mass is 576 g/mol. The summed E-state index contributed by atoms with van der Waals surface area (Å²) in [5.41, 5.74) is -1.52. The van der Waals surface area contributed by atoms with Crippen molar-refractivity contribution in [2.24, 2.45) is 9.36 Å². The number of hydrogen-bond acceptors (Lipinski definition) is 9. The normalized spacial score (nSPS) is 25.4. The summed E-state index contributed by atoms with van der Waals surface area (Å²) in [5.74, 6) is -1.41. The Hall–Kier alpha value is -3.28. The number of aliphatic imine (C=N–C) groups is 1. The molecule has 9 nitrogen and oxygen atoms in total. The van der Waals surface area contributed by atoms with E-state index in [0.29, 0.717) is 18.7 Å². The molecular weight excluding hydrogens is 542 g/mol. The minimum atomic E-state index is -3.01. The van der Waals surface area contributed by atoms with Crippen LogP contribution in [0.3, 0.4) is 0 Å². The maximum absolute atomic E-state index is 15.5. The van der Waals surface area contributed by atoms with E-state index in [1.54, 1.807) is 41.5 Å². The van der Waals surface area contributed by atoms with Crippen LogP contribution >= 0.6 is 0 Å². The topological polar surface area (TPSA) is 120 Å². The number of ketones is 1. The molecule has 0 radical (unpaired) electrons. The third-order valence-electron chi connectivity index (χ3n) is 7.18. The van der Waals surface area contributed by atoms with E-state index >= 15 is 4.39 Å². The van der Waals surface area contributed by atoms with E-state index in [1.807, 2.05) is 0 Å². The van der Waals surface area contributed by atoms with Crippen LogP contribution in [0, 0.1) is 5.82 Å². The Morgan fingerprint density at radius 3 is 2.48 bits per heavy atom. The standard InChI is InChI=1S/C28H34F2N4O5S/c1-26(2,3)39-24(36)14-22-27(4,5)40(37)23(11-12-32-40)28(6,34-22)25-19(30)9-7-17(33-25)13-21(35)20-10-8-18(15-31-20)38-16-29/h7-10,15,23H,11-14,16H2,1-6H3/t23-,28-,40+/m0/s1. The number of rotatable bonds is 8. The van der Waals surface area contributed by atoms with Crippen LogP contribution in [0.2, 0.25) is 0 Å². The van der Waals surface area contributed by atoms with Crippen LogP contribution in [0.4, 0.5) is 8.78 Å². The lowest BCUT2D eigenvalue weighted by Crippen LogP contribution is -2.56. The van der Waals surface area contributed by atoms with Gasteiger partial charge in [-0.15, -0.1) is 0 Å². The van der Waals surface area contributed by atoms with Crippen LogP contribution in [-0.2, 0) is 31.2 Å². The molecule has 0 fully saturated rings. The quantitative estimate of drug-likeness (QED) is 0.328. The lowest BCUT2D eigenvalue weighted by Gasteiger charge is -2.45. The summed E-state index contributed by atoms with van der Waals surface area (Å²) in [6, 6.07) is 5.44. The van der Waals surface area contributed by atoms with E-state index in [1.165, 1.54) is 30.5 Å². The van der Waals surface area contributed by atoms with Gasteiger partial charge in [-0.1, -0.05) is 0 Å². The number of esters is 1. The molecule has 0 saturated carbocycles. The van der Waals surface area contributed by atoms with E-state index in [4.69, 9.17) is 14.5 Å². The highest BCUT2D eigenvalue weighted by atomic mass is 32.2. The molecule has 0 spiro atoms. The van der Waals surface area contributed by atoms with Crippen molar-refractivity contribution in [1.29, 1.82) is 0 Å². The summed E-state index contributed by atoms with van der Waals surface area (Å²) in [5, 5.41) is -0.657. The number of nitrogens with zero attached hydrogens (tertiary/aromatic N) is 4. The van der Waals surface area contributed by atoms with Crippen molar-refractivity contribution in [2.75, 3.05) is 13.4 Å². The molecule has 4 rings (SSSR count). The molecule has 216 valence electrons. The number of carbonyl (C=O) groups is 2. The highest BCUT2D eigenvalue weighted by Crippen LogP contribution is 2.48. The Balaban J connectivity index is 1.73. The van der Waals surface area contributed by atoms with Crippen LogP contribution in [0.1, 0.15) is 76.3 Å². The lowest BCUT2D eigenvalue weighted by atomic mass is 9.88. The average molecular weight is 577 g/mol. The second kappa shape index (κ2) is 10.6. The first-order valence-corrected chi connectivity index (χ1v) is 14.5. The van der Waals surface area contributed by atoms with Crippen molar-refractivity contribution >= 4 is 27.2 Å². The summed E-state index contributed by atoms with van der Waals surface area (Å²) in [7, 11) is -3.01. The SMILES string of the molecule is CC(C)(C)OC(=O)CC1=N[C@](C)(c2nc(CC(=O)c3ccc(OCF)cn3)ccc2F)[C@@H]2CCN=[S@]2(=O)C1(C)C. The predicted octanol–water partition coefficient (Wildman–Crippen LogP) is 4.77. The van der Waals surface area contributed by atoms with Crippen molar-refractivity contribution in [3.8, 4) is 5.75 Å². The van der Waals surface area contributed by atoms with Gasteiger partial charge >= 0.3 is 5.97 Å². The fourth-order valence-corrected chi connectivity index (χ4v) is 8.43. The maximum Gasteiger partial charge on any atom is 0.312 e. The van der Waals surface area contributed by atoms with E-state index in [0.717, 1.165) is 0 Å². The van der Waals surface area contributed by atoms with Crippen molar-refractivity contribution in [1.82, 2.24) is 9.97 Å². The molecule has 0 aliphatic carbocycles. The highest BCUT2D eigenvalue weighted by molar-refractivity contribution is 7.96. The number of alkyl halides is 1. The van der Waals surface area contributed by atoms with Crippen LogP contribution in [0.15, 0.2) is 39.8 Å². The van der Waals surface area contributed by atoms with Crippen molar-refractivity contribution < 1.29 is 32.1 Å². The second-order valence-corrected chi connectivity index (χ2v) is 14.5. The zero-order chi connectivity index (χ0) is 29.5. The van der Waals surface area contributed by atoms with E-state index in [2.05, 4.69) is 14.3 Å². The summed E-state index contributed by atoms with van der Waals surface area (Å²) in [6.07, 6.45) is 1.22. The predicted molar refractivity (Wildman–Crippen MR) is 146 cm³/mol. The van der Waals surface area contributed by atoms with Gasteiger partial charge in [0.2, 0.25) is 6.86 Å². The Kier molecular flexibility index (Phi) is 7.87. The zero-order valence-corrected chi connectivity index (χ0v) is 24.3. The minimum Gasteiger partial charge on any atom is -0.461 e. The number of aromatic nitrogens is 2. The van der Waals surface area contributed by atoms with Crippen LogP contribution < -0.4 is 4.74 Å². The van der Waals surface area contributed by atoms with Gasteiger partial charge < -0.3 is 9.47 Å². The first-order chi connectivity index (χ1) is 18.6. The Labute approximate surface area is 233 Å². The molecule has 2 aliphatic rings.